The van der Waals surface area contributed by atoms with Crippen molar-refractivity contribution < 1.29 is 19.0 Å². The van der Waals surface area contributed by atoms with Gasteiger partial charge in [-0.25, -0.2) is 4.98 Å². The van der Waals surface area contributed by atoms with Crippen LogP contribution >= 0.6 is 11.3 Å². The van der Waals surface area contributed by atoms with Gasteiger partial charge in [-0.3, -0.25) is 9.69 Å². The summed E-state index contributed by atoms with van der Waals surface area (Å²) in [5.74, 6) is 1.16. The highest BCUT2D eigenvalue weighted by Gasteiger charge is 2.25. The first-order chi connectivity index (χ1) is 14.8. The van der Waals surface area contributed by atoms with Crippen molar-refractivity contribution in [1.82, 2.24) is 9.88 Å². The minimum Gasteiger partial charge on any atom is -0.493 e. The standard InChI is InChI=1S/C23H29N3O4S/c1-14-10-15(2)20-19(11-14)31-23(24-20)26(9-8-25(3)4)22(27)16-12-17(28-5)21(30-7)18(13-16)29-6/h10-13H,8-9H2,1-7H3. The molecule has 0 N–H and O–H groups in total. The van der Waals surface area contributed by atoms with Crippen LogP contribution in [0.5, 0.6) is 17.2 Å². The van der Waals surface area contributed by atoms with E-state index in [0.29, 0.717) is 41.0 Å². The zero-order chi connectivity index (χ0) is 22.7. The Morgan fingerprint density at radius 2 is 1.61 bits per heavy atom. The minimum atomic E-state index is -0.172. The second-order valence-corrected chi connectivity index (χ2v) is 8.61. The van der Waals surface area contributed by atoms with E-state index in [2.05, 4.69) is 19.1 Å². The maximum atomic E-state index is 13.6. The van der Waals surface area contributed by atoms with E-state index in [4.69, 9.17) is 19.2 Å². The maximum absolute atomic E-state index is 13.6. The quantitative estimate of drug-likeness (QED) is 0.521. The van der Waals surface area contributed by atoms with Crippen molar-refractivity contribution in [2.75, 3.05) is 53.4 Å². The highest BCUT2D eigenvalue weighted by molar-refractivity contribution is 7.22. The number of carbonyl (C=O) groups excluding carboxylic acids is 1. The average molecular weight is 444 g/mol. The van der Waals surface area contributed by atoms with Crippen molar-refractivity contribution in [3.05, 3.63) is 41.0 Å². The van der Waals surface area contributed by atoms with E-state index in [9.17, 15) is 4.79 Å². The SMILES string of the molecule is COc1cc(C(=O)N(CCN(C)C)c2nc3c(C)cc(C)cc3s2)cc(OC)c1OC. The number of rotatable bonds is 8. The van der Waals surface area contributed by atoms with Crippen LogP contribution in [0.15, 0.2) is 24.3 Å². The van der Waals surface area contributed by atoms with E-state index in [1.54, 1.807) is 17.0 Å². The summed E-state index contributed by atoms with van der Waals surface area (Å²) < 4.78 is 17.3. The van der Waals surface area contributed by atoms with E-state index in [1.807, 2.05) is 25.9 Å². The molecule has 8 heteroatoms. The number of fused-ring (bicyclic) bond motifs is 1. The van der Waals surface area contributed by atoms with Gasteiger partial charge in [-0.15, -0.1) is 0 Å². The molecule has 0 aliphatic carbocycles. The molecule has 0 bridgehead atoms. The number of hydrogen-bond acceptors (Lipinski definition) is 7. The zero-order valence-electron chi connectivity index (χ0n) is 19.1. The van der Waals surface area contributed by atoms with Gasteiger partial charge >= 0.3 is 0 Å². The first kappa shape index (κ1) is 22.8. The fourth-order valence-electron chi connectivity index (χ4n) is 3.42. The lowest BCUT2D eigenvalue weighted by Gasteiger charge is -2.23. The lowest BCUT2D eigenvalue weighted by Crippen LogP contribution is -2.36. The number of anilines is 1. The molecule has 0 radical (unpaired) electrons. The molecule has 1 aromatic heterocycles. The van der Waals surface area contributed by atoms with Crippen molar-refractivity contribution in [3.8, 4) is 17.2 Å². The zero-order valence-corrected chi connectivity index (χ0v) is 19.9. The van der Waals surface area contributed by atoms with Gasteiger partial charge in [0.2, 0.25) is 5.75 Å². The topological polar surface area (TPSA) is 64.1 Å². The summed E-state index contributed by atoms with van der Waals surface area (Å²) >= 11 is 1.52. The van der Waals surface area contributed by atoms with Crippen LogP contribution < -0.4 is 19.1 Å². The third-order valence-corrected chi connectivity index (χ3v) is 6.00. The summed E-state index contributed by atoms with van der Waals surface area (Å²) in [6.45, 7) is 5.31. The monoisotopic (exact) mass is 443 g/mol. The van der Waals surface area contributed by atoms with E-state index in [-0.39, 0.29) is 5.91 Å². The van der Waals surface area contributed by atoms with Crippen molar-refractivity contribution in [1.29, 1.82) is 0 Å². The van der Waals surface area contributed by atoms with E-state index in [1.165, 1.54) is 38.2 Å². The van der Waals surface area contributed by atoms with Crippen LogP contribution in [0.2, 0.25) is 0 Å². The first-order valence-corrected chi connectivity index (χ1v) is 10.7. The number of aromatic nitrogens is 1. The molecule has 0 unspecified atom stereocenters. The van der Waals surface area contributed by atoms with Gasteiger partial charge in [-0.05, 0) is 57.3 Å². The van der Waals surface area contributed by atoms with Crippen LogP contribution in [0.1, 0.15) is 21.5 Å². The Labute approximate surface area is 187 Å². The minimum absolute atomic E-state index is 0.172. The number of methoxy groups -OCH3 is 3. The number of hydrogen-bond donors (Lipinski definition) is 0. The molecule has 0 spiro atoms. The van der Waals surface area contributed by atoms with Crippen molar-refractivity contribution in [3.63, 3.8) is 0 Å². The van der Waals surface area contributed by atoms with Crippen molar-refractivity contribution in [2.24, 2.45) is 0 Å². The van der Waals surface area contributed by atoms with Gasteiger partial charge in [0.1, 0.15) is 0 Å². The number of ether oxygens (including phenoxy) is 3. The highest BCUT2D eigenvalue weighted by Crippen LogP contribution is 2.39. The summed E-state index contributed by atoms with van der Waals surface area (Å²) in [4.78, 5) is 22.2. The maximum Gasteiger partial charge on any atom is 0.260 e. The van der Waals surface area contributed by atoms with Crippen LogP contribution in [-0.2, 0) is 0 Å². The normalized spacial score (nSPS) is 11.1. The Hall–Kier alpha value is -2.84. The molecular formula is C23H29N3O4S. The summed E-state index contributed by atoms with van der Waals surface area (Å²) in [5, 5.41) is 0.671. The smallest absolute Gasteiger partial charge is 0.260 e. The van der Waals surface area contributed by atoms with Crippen LogP contribution in [0.25, 0.3) is 10.2 Å². The molecule has 31 heavy (non-hydrogen) atoms. The fraction of sp³-hybridized carbons (Fsp3) is 0.391. The molecule has 0 saturated heterocycles. The van der Waals surface area contributed by atoms with Crippen LogP contribution in [0.3, 0.4) is 0 Å². The molecule has 7 nitrogen and oxygen atoms in total. The van der Waals surface area contributed by atoms with Gasteiger partial charge in [0.25, 0.3) is 5.91 Å². The number of carbonyl (C=O) groups is 1. The first-order valence-electron chi connectivity index (χ1n) is 9.93. The van der Waals surface area contributed by atoms with Gasteiger partial charge in [-0.2, -0.15) is 0 Å². The lowest BCUT2D eigenvalue weighted by molar-refractivity contribution is 0.0984. The number of amides is 1. The molecular weight excluding hydrogens is 414 g/mol. The molecule has 0 aliphatic rings. The molecule has 2 aromatic carbocycles. The molecule has 0 aliphatic heterocycles. The molecule has 1 amide bonds. The van der Waals surface area contributed by atoms with Crippen molar-refractivity contribution in [2.45, 2.75) is 13.8 Å². The number of thiazole rings is 1. The number of nitrogens with zero attached hydrogens (tertiary/aromatic N) is 3. The Bertz CT molecular complexity index is 1070. The third-order valence-electron chi connectivity index (χ3n) is 4.98. The van der Waals surface area contributed by atoms with Crippen LogP contribution in [0, 0.1) is 13.8 Å². The second-order valence-electron chi connectivity index (χ2n) is 7.60. The van der Waals surface area contributed by atoms with Crippen LogP contribution in [0.4, 0.5) is 5.13 Å². The molecule has 0 saturated carbocycles. The van der Waals surface area contributed by atoms with E-state index < -0.39 is 0 Å². The predicted molar refractivity (Wildman–Crippen MR) is 125 cm³/mol. The molecule has 3 aromatic rings. The van der Waals surface area contributed by atoms with Gasteiger partial charge in [0.15, 0.2) is 16.6 Å². The predicted octanol–water partition coefficient (Wildman–Crippen LogP) is 4.15. The molecule has 0 fully saturated rings. The van der Waals surface area contributed by atoms with Gasteiger partial charge in [-0.1, -0.05) is 17.4 Å². The lowest BCUT2D eigenvalue weighted by atomic mass is 10.1. The summed E-state index contributed by atoms with van der Waals surface area (Å²) in [5.41, 5.74) is 3.65. The molecule has 3 rings (SSSR count). The third kappa shape index (κ3) is 4.75. The summed E-state index contributed by atoms with van der Waals surface area (Å²) in [7, 11) is 8.57. The Kier molecular flexibility index (Phi) is 7.02. The molecule has 166 valence electrons. The fourth-order valence-corrected chi connectivity index (χ4v) is 4.58. The summed E-state index contributed by atoms with van der Waals surface area (Å²) in [6.07, 6.45) is 0. The molecule has 1 heterocycles. The average Bonchev–Trinajstić information content (AvgIpc) is 3.16. The largest absolute Gasteiger partial charge is 0.493 e. The number of aryl methyl sites for hydroxylation is 2. The Morgan fingerprint density at radius 3 is 2.16 bits per heavy atom. The Morgan fingerprint density at radius 1 is 0.968 bits per heavy atom. The van der Waals surface area contributed by atoms with Crippen molar-refractivity contribution >= 4 is 32.6 Å². The van der Waals surface area contributed by atoms with Gasteiger partial charge < -0.3 is 19.1 Å². The van der Waals surface area contributed by atoms with Gasteiger partial charge in [0.05, 0.1) is 31.5 Å². The number of benzene rings is 2. The summed E-state index contributed by atoms with van der Waals surface area (Å²) in [6, 6.07) is 7.57. The van der Waals surface area contributed by atoms with E-state index in [0.717, 1.165) is 15.8 Å². The Balaban J connectivity index is 2.09. The van der Waals surface area contributed by atoms with E-state index >= 15 is 0 Å². The van der Waals surface area contributed by atoms with Crippen LogP contribution in [-0.4, -0.2) is 64.3 Å². The highest BCUT2D eigenvalue weighted by atomic mass is 32.1. The second kappa shape index (κ2) is 9.53. The molecule has 0 atom stereocenters. The van der Waals surface area contributed by atoms with Gasteiger partial charge in [0, 0.05) is 18.7 Å². The number of likely N-dealkylation sites (N-methyl/N-ethyl adjacent to an activating group) is 1.